The number of alkyl halides is 1. The van der Waals surface area contributed by atoms with Crippen molar-refractivity contribution in [2.24, 2.45) is 0 Å². The number of nitrogens with zero attached hydrogens (tertiary/aromatic N) is 3. The quantitative estimate of drug-likeness (QED) is 0.761. The summed E-state index contributed by atoms with van der Waals surface area (Å²) in [5.41, 5.74) is 0. The summed E-state index contributed by atoms with van der Waals surface area (Å²) in [6.45, 7) is 5.25. The molecule has 1 fully saturated rings. The highest BCUT2D eigenvalue weighted by Gasteiger charge is 2.36. The summed E-state index contributed by atoms with van der Waals surface area (Å²) in [5, 5.41) is 0.728. The van der Waals surface area contributed by atoms with Gasteiger partial charge in [0.05, 0.1) is 19.0 Å². The zero-order valence-electron chi connectivity index (χ0n) is 11.0. The highest BCUT2D eigenvalue weighted by atomic mass is 79.9. The second-order valence-electron chi connectivity index (χ2n) is 4.58. The van der Waals surface area contributed by atoms with Crippen LogP contribution >= 0.6 is 15.9 Å². The van der Waals surface area contributed by atoms with E-state index in [0.29, 0.717) is 25.0 Å². The fraction of sp³-hybridized carbons (Fsp3) is 0.727. The van der Waals surface area contributed by atoms with E-state index in [0.717, 1.165) is 0 Å². The highest BCUT2D eigenvalue weighted by molar-refractivity contribution is 9.09. The Morgan fingerprint density at radius 1 is 1.58 bits per heavy atom. The number of ether oxygens (including phenoxy) is 1. The molecule has 1 aliphatic heterocycles. The van der Waals surface area contributed by atoms with Gasteiger partial charge in [0.15, 0.2) is 5.03 Å². The molecule has 0 N–H and O–H groups in total. The molecule has 108 valence electrons. The van der Waals surface area contributed by atoms with Crippen molar-refractivity contribution in [2.75, 3.05) is 18.5 Å². The van der Waals surface area contributed by atoms with Crippen LogP contribution in [0.3, 0.4) is 0 Å². The fourth-order valence-corrected chi connectivity index (χ4v) is 3.96. The lowest BCUT2D eigenvalue weighted by molar-refractivity contribution is -0.0140. The minimum Gasteiger partial charge on any atom is -0.374 e. The van der Waals surface area contributed by atoms with Crippen molar-refractivity contribution in [2.45, 2.75) is 37.6 Å². The zero-order valence-corrected chi connectivity index (χ0v) is 13.4. The van der Waals surface area contributed by atoms with Crippen molar-refractivity contribution in [1.29, 1.82) is 0 Å². The third-order valence-electron chi connectivity index (χ3n) is 3.17. The average molecular weight is 352 g/mol. The van der Waals surface area contributed by atoms with Crippen LogP contribution in [0.2, 0.25) is 0 Å². The number of sulfonamides is 1. The fourth-order valence-electron chi connectivity index (χ4n) is 1.99. The van der Waals surface area contributed by atoms with Crippen LogP contribution in [0.1, 0.15) is 13.8 Å². The molecule has 19 heavy (non-hydrogen) atoms. The monoisotopic (exact) mass is 351 g/mol. The molecule has 1 aromatic heterocycles. The average Bonchev–Trinajstić information content (AvgIpc) is 2.88. The van der Waals surface area contributed by atoms with E-state index < -0.39 is 10.0 Å². The Kier molecular flexibility index (Phi) is 4.65. The van der Waals surface area contributed by atoms with E-state index in [1.54, 1.807) is 17.1 Å². The molecule has 0 aliphatic carbocycles. The van der Waals surface area contributed by atoms with E-state index >= 15 is 0 Å². The van der Waals surface area contributed by atoms with Gasteiger partial charge in [-0.15, -0.1) is 0 Å². The van der Waals surface area contributed by atoms with Gasteiger partial charge in [0.1, 0.15) is 0 Å². The van der Waals surface area contributed by atoms with E-state index in [4.69, 9.17) is 4.74 Å². The highest BCUT2D eigenvalue weighted by Crippen LogP contribution is 2.22. The molecule has 0 aromatic carbocycles. The summed E-state index contributed by atoms with van der Waals surface area (Å²) >= 11 is 3.33. The van der Waals surface area contributed by atoms with Crippen LogP contribution in [-0.2, 0) is 21.3 Å². The van der Waals surface area contributed by atoms with E-state index in [1.807, 2.05) is 13.8 Å². The number of hydrogen-bond donors (Lipinski definition) is 0. The van der Waals surface area contributed by atoms with Crippen molar-refractivity contribution in [3.05, 3.63) is 12.5 Å². The van der Waals surface area contributed by atoms with E-state index in [9.17, 15) is 8.42 Å². The van der Waals surface area contributed by atoms with Gasteiger partial charge >= 0.3 is 0 Å². The van der Waals surface area contributed by atoms with Crippen molar-refractivity contribution >= 4 is 26.0 Å². The molecule has 0 spiro atoms. The summed E-state index contributed by atoms with van der Waals surface area (Å²) in [4.78, 5) is 4.00. The molecule has 0 radical (unpaired) electrons. The second-order valence-corrected chi connectivity index (χ2v) is 7.06. The number of halogens is 1. The number of aromatic nitrogens is 2. The zero-order chi connectivity index (χ0) is 14.0. The van der Waals surface area contributed by atoms with Crippen molar-refractivity contribution < 1.29 is 13.2 Å². The Balaban J connectivity index is 2.26. The van der Waals surface area contributed by atoms with Gasteiger partial charge in [-0.1, -0.05) is 15.9 Å². The molecule has 0 amide bonds. The Hall–Kier alpha value is -0.440. The molecule has 2 atom stereocenters. The van der Waals surface area contributed by atoms with Gasteiger partial charge in [0, 0.05) is 30.7 Å². The number of rotatable bonds is 4. The molecule has 1 aromatic rings. The SMILES string of the molecule is CCn1cnc(S(=O)(=O)N2CC(CBr)OCC2C)c1. The molecular weight excluding hydrogens is 334 g/mol. The van der Waals surface area contributed by atoms with Gasteiger partial charge < -0.3 is 9.30 Å². The maximum Gasteiger partial charge on any atom is 0.262 e. The van der Waals surface area contributed by atoms with Crippen LogP contribution in [0.4, 0.5) is 0 Å². The lowest BCUT2D eigenvalue weighted by atomic mass is 10.2. The Bertz CT molecular complexity index is 531. The molecular formula is C11H18BrN3O3S. The number of aryl methyl sites for hydroxylation is 1. The van der Waals surface area contributed by atoms with Crippen LogP contribution in [0.25, 0.3) is 0 Å². The molecule has 2 heterocycles. The first-order chi connectivity index (χ1) is 8.98. The predicted octanol–water partition coefficient (Wildman–Crippen LogP) is 1.08. The first-order valence-corrected chi connectivity index (χ1v) is 8.76. The number of morpholine rings is 1. The number of hydrogen-bond acceptors (Lipinski definition) is 4. The van der Waals surface area contributed by atoms with E-state index in [1.165, 1.54) is 4.31 Å². The molecule has 6 nitrogen and oxygen atoms in total. The van der Waals surface area contributed by atoms with Crippen LogP contribution in [0.5, 0.6) is 0 Å². The summed E-state index contributed by atoms with van der Waals surface area (Å²) in [5.74, 6) is 0. The van der Waals surface area contributed by atoms with Gasteiger partial charge in [-0.05, 0) is 13.8 Å². The molecule has 2 unspecified atom stereocenters. The normalized spacial score (nSPS) is 25.6. The van der Waals surface area contributed by atoms with E-state index in [-0.39, 0.29) is 17.2 Å². The standard InChI is InChI=1S/C11H18BrN3O3S/c1-3-14-6-11(13-8-14)19(16,17)15-5-10(4-12)18-7-9(15)2/h6,8-10H,3-5,7H2,1-2H3. The van der Waals surface area contributed by atoms with Gasteiger partial charge in [0.25, 0.3) is 10.0 Å². The van der Waals surface area contributed by atoms with Gasteiger partial charge in [-0.25, -0.2) is 13.4 Å². The van der Waals surface area contributed by atoms with Crippen molar-refractivity contribution in [1.82, 2.24) is 13.9 Å². The van der Waals surface area contributed by atoms with Gasteiger partial charge in [-0.2, -0.15) is 4.31 Å². The number of imidazole rings is 1. The van der Waals surface area contributed by atoms with Crippen molar-refractivity contribution in [3.63, 3.8) is 0 Å². The Morgan fingerprint density at radius 3 is 2.89 bits per heavy atom. The first kappa shape index (κ1) is 15.0. The third-order valence-corrected chi connectivity index (χ3v) is 5.76. The second kappa shape index (κ2) is 5.90. The molecule has 0 saturated carbocycles. The Morgan fingerprint density at radius 2 is 2.32 bits per heavy atom. The Labute approximate surface area is 121 Å². The lowest BCUT2D eigenvalue weighted by Gasteiger charge is -2.35. The summed E-state index contributed by atoms with van der Waals surface area (Å²) in [6, 6.07) is -0.174. The summed E-state index contributed by atoms with van der Waals surface area (Å²) in [6.07, 6.45) is 3.00. The molecule has 2 rings (SSSR count). The third kappa shape index (κ3) is 3.01. The maximum atomic E-state index is 12.6. The summed E-state index contributed by atoms with van der Waals surface area (Å²) < 4.78 is 33.9. The maximum absolute atomic E-state index is 12.6. The molecule has 0 bridgehead atoms. The first-order valence-electron chi connectivity index (χ1n) is 6.20. The van der Waals surface area contributed by atoms with Gasteiger partial charge in [-0.3, -0.25) is 0 Å². The largest absolute Gasteiger partial charge is 0.374 e. The molecule has 1 aliphatic rings. The van der Waals surface area contributed by atoms with Crippen LogP contribution in [0.15, 0.2) is 17.6 Å². The van der Waals surface area contributed by atoms with Crippen molar-refractivity contribution in [3.8, 4) is 0 Å². The van der Waals surface area contributed by atoms with E-state index in [2.05, 4.69) is 20.9 Å². The minimum atomic E-state index is -3.54. The van der Waals surface area contributed by atoms with Crippen LogP contribution in [-0.4, -0.2) is 52.9 Å². The smallest absolute Gasteiger partial charge is 0.262 e. The lowest BCUT2D eigenvalue weighted by Crippen LogP contribution is -2.51. The topological polar surface area (TPSA) is 64.4 Å². The predicted molar refractivity (Wildman–Crippen MR) is 74.8 cm³/mol. The van der Waals surface area contributed by atoms with Crippen LogP contribution < -0.4 is 0 Å². The molecule has 1 saturated heterocycles. The minimum absolute atomic E-state index is 0.108. The van der Waals surface area contributed by atoms with Gasteiger partial charge in [0.2, 0.25) is 0 Å². The van der Waals surface area contributed by atoms with Crippen LogP contribution in [0, 0.1) is 0 Å². The summed E-state index contributed by atoms with van der Waals surface area (Å²) in [7, 11) is -3.54. The molecule has 8 heteroatoms.